The number of rotatable bonds is 7. The maximum absolute atomic E-state index is 13.3. The number of H-pyrrole nitrogens is 1. The average molecular weight is 543 g/mol. The number of hydrogen-bond acceptors (Lipinski definition) is 5. The third kappa shape index (κ3) is 5.16. The molecule has 204 valence electrons. The van der Waals surface area contributed by atoms with Gasteiger partial charge in [-0.25, -0.2) is 4.39 Å². The van der Waals surface area contributed by atoms with E-state index in [-0.39, 0.29) is 29.4 Å². The van der Waals surface area contributed by atoms with Gasteiger partial charge < -0.3 is 30.5 Å². The van der Waals surface area contributed by atoms with Gasteiger partial charge in [0.05, 0.1) is 23.6 Å². The fraction of sp³-hybridized carbons (Fsp3) is 0.167. The van der Waals surface area contributed by atoms with Gasteiger partial charge in [0.2, 0.25) is 0 Å². The number of carbonyl (C=O) groups is 3. The molecule has 0 fully saturated rings. The first-order chi connectivity index (χ1) is 19.1. The number of halogens is 1. The Labute approximate surface area is 229 Å². The van der Waals surface area contributed by atoms with Gasteiger partial charge in [0, 0.05) is 28.2 Å². The van der Waals surface area contributed by atoms with Crippen molar-refractivity contribution in [1.29, 1.82) is 0 Å². The van der Waals surface area contributed by atoms with Gasteiger partial charge >= 0.3 is 0 Å². The third-order valence-corrected chi connectivity index (χ3v) is 6.86. The van der Waals surface area contributed by atoms with E-state index in [1.54, 1.807) is 63.2 Å². The van der Waals surface area contributed by atoms with E-state index < -0.39 is 12.0 Å². The van der Waals surface area contributed by atoms with E-state index in [4.69, 9.17) is 4.42 Å². The van der Waals surface area contributed by atoms with Crippen molar-refractivity contribution in [3.8, 4) is 0 Å². The van der Waals surface area contributed by atoms with Crippen LogP contribution in [0.4, 0.5) is 15.8 Å². The van der Waals surface area contributed by atoms with Crippen LogP contribution in [-0.4, -0.2) is 27.8 Å². The van der Waals surface area contributed by atoms with Crippen LogP contribution in [0.3, 0.4) is 0 Å². The molecular formula is C30H27FN4O5. The lowest BCUT2D eigenvalue weighted by molar-refractivity contribution is -0.125. The molecule has 0 saturated heterocycles. The van der Waals surface area contributed by atoms with Gasteiger partial charge in [-0.3, -0.25) is 14.4 Å². The van der Waals surface area contributed by atoms with Crippen molar-refractivity contribution in [3.05, 3.63) is 106 Å². The number of carbonyl (C=O) groups excluding carboxylic acids is 3. The largest absolute Gasteiger partial charge is 0.466 e. The zero-order valence-corrected chi connectivity index (χ0v) is 22.0. The Balaban J connectivity index is 1.38. The van der Waals surface area contributed by atoms with Crippen LogP contribution in [0.15, 0.2) is 65.3 Å². The van der Waals surface area contributed by atoms with Crippen molar-refractivity contribution in [2.45, 2.75) is 32.9 Å². The normalized spacial score (nSPS) is 14.9. The van der Waals surface area contributed by atoms with Gasteiger partial charge in [0.25, 0.3) is 17.7 Å². The quantitative estimate of drug-likeness (QED) is 0.209. The summed E-state index contributed by atoms with van der Waals surface area (Å²) < 4.78 is 18.4. The zero-order valence-electron chi connectivity index (χ0n) is 22.0. The Morgan fingerprint density at radius 2 is 1.85 bits per heavy atom. The van der Waals surface area contributed by atoms with Gasteiger partial charge in [0.15, 0.2) is 6.10 Å². The zero-order chi connectivity index (χ0) is 28.6. The fourth-order valence-corrected chi connectivity index (χ4v) is 4.61. The molecule has 40 heavy (non-hydrogen) atoms. The molecule has 5 rings (SSSR count). The van der Waals surface area contributed by atoms with Crippen molar-refractivity contribution < 1.29 is 28.3 Å². The van der Waals surface area contributed by atoms with E-state index in [1.807, 2.05) is 0 Å². The van der Waals surface area contributed by atoms with E-state index in [2.05, 4.69) is 20.9 Å². The maximum atomic E-state index is 13.3. The highest BCUT2D eigenvalue weighted by atomic mass is 19.1. The molecule has 0 bridgehead atoms. The molecule has 2 aromatic carbocycles. The molecule has 9 nitrogen and oxygen atoms in total. The highest BCUT2D eigenvalue weighted by molar-refractivity contribution is 6.35. The Kier molecular flexibility index (Phi) is 7.10. The van der Waals surface area contributed by atoms with E-state index in [1.165, 1.54) is 24.5 Å². The van der Waals surface area contributed by atoms with Gasteiger partial charge in [-0.15, -0.1) is 0 Å². The third-order valence-electron chi connectivity index (χ3n) is 6.86. The summed E-state index contributed by atoms with van der Waals surface area (Å²) >= 11 is 0. The predicted molar refractivity (Wildman–Crippen MR) is 148 cm³/mol. The number of aliphatic hydroxyl groups excluding tert-OH is 1. The number of benzene rings is 2. The number of nitrogens with one attached hydrogen (secondary N) is 4. The van der Waals surface area contributed by atoms with Gasteiger partial charge in [-0.05, 0) is 80.4 Å². The average Bonchev–Trinajstić information content (AvgIpc) is 3.64. The Bertz CT molecular complexity index is 1640. The van der Waals surface area contributed by atoms with Crippen LogP contribution >= 0.6 is 0 Å². The van der Waals surface area contributed by atoms with Crippen LogP contribution in [0.1, 0.15) is 63.3 Å². The van der Waals surface area contributed by atoms with Crippen molar-refractivity contribution in [3.63, 3.8) is 0 Å². The number of aliphatic hydroxyl groups is 1. The first-order valence-corrected chi connectivity index (χ1v) is 12.6. The minimum Gasteiger partial charge on any atom is -0.466 e. The summed E-state index contributed by atoms with van der Waals surface area (Å²) in [6, 6.07) is 13.5. The molecule has 1 aliphatic heterocycles. The lowest BCUT2D eigenvalue weighted by Crippen LogP contribution is -2.26. The second-order valence-corrected chi connectivity index (χ2v) is 9.59. The molecule has 2 atom stereocenters. The minimum atomic E-state index is -1.48. The second-order valence-electron chi connectivity index (χ2n) is 9.59. The van der Waals surface area contributed by atoms with Crippen LogP contribution in [0.25, 0.3) is 11.6 Å². The molecule has 0 aliphatic carbocycles. The molecule has 5 N–H and O–H groups in total. The summed E-state index contributed by atoms with van der Waals surface area (Å²) in [4.78, 5) is 41.6. The number of aryl methyl sites for hydroxylation is 1. The monoisotopic (exact) mass is 542 g/mol. The molecule has 3 amide bonds. The Morgan fingerprint density at radius 1 is 1.10 bits per heavy atom. The molecule has 0 spiro atoms. The summed E-state index contributed by atoms with van der Waals surface area (Å²) in [7, 11) is 0. The van der Waals surface area contributed by atoms with Crippen molar-refractivity contribution in [2.75, 3.05) is 10.6 Å². The highest BCUT2D eigenvalue weighted by Gasteiger charge is 2.27. The lowest BCUT2D eigenvalue weighted by Gasteiger charge is -2.15. The molecule has 3 heterocycles. The number of anilines is 2. The number of hydrogen-bond donors (Lipinski definition) is 5. The summed E-state index contributed by atoms with van der Waals surface area (Å²) in [6.45, 7) is 5.34. The van der Waals surface area contributed by atoms with Crippen molar-refractivity contribution in [1.82, 2.24) is 10.3 Å². The van der Waals surface area contributed by atoms with Crippen LogP contribution in [0.5, 0.6) is 0 Å². The molecule has 2 aromatic heterocycles. The summed E-state index contributed by atoms with van der Waals surface area (Å²) in [5.74, 6) is -1.57. The van der Waals surface area contributed by atoms with Crippen LogP contribution in [0.2, 0.25) is 0 Å². The minimum absolute atomic E-state index is 0.122. The van der Waals surface area contributed by atoms with Gasteiger partial charge in [-0.1, -0.05) is 12.1 Å². The lowest BCUT2D eigenvalue weighted by atomic mass is 10.0. The number of aromatic amines is 1. The molecule has 1 unspecified atom stereocenters. The van der Waals surface area contributed by atoms with Crippen molar-refractivity contribution >= 4 is 40.7 Å². The summed E-state index contributed by atoms with van der Waals surface area (Å²) in [5, 5.41) is 18.7. The first kappa shape index (κ1) is 26.6. The smallest absolute Gasteiger partial charge is 0.261 e. The first-order valence-electron chi connectivity index (χ1n) is 12.6. The molecule has 1 aliphatic rings. The number of aromatic nitrogens is 1. The Hall–Kier alpha value is -4.96. The summed E-state index contributed by atoms with van der Waals surface area (Å²) in [6.07, 6.45) is 1.55. The maximum Gasteiger partial charge on any atom is 0.261 e. The highest BCUT2D eigenvalue weighted by Crippen LogP contribution is 2.36. The Morgan fingerprint density at radius 3 is 2.55 bits per heavy atom. The molecule has 0 saturated carbocycles. The van der Waals surface area contributed by atoms with E-state index in [9.17, 15) is 23.9 Å². The molecule has 10 heteroatoms. The number of amides is 3. The summed E-state index contributed by atoms with van der Waals surface area (Å²) in [5.41, 5.74) is 4.92. The van der Waals surface area contributed by atoms with Crippen LogP contribution in [0, 0.1) is 19.7 Å². The van der Waals surface area contributed by atoms with Crippen molar-refractivity contribution in [2.24, 2.45) is 0 Å². The SMILES string of the molecule is Cc1[nH]c(/C=C2\C(=O)Nc3ccc(C(=O)N[C@H](C)c4ccc(F)cc4)cc32)c(C)c1NC(=O)C(O)c1ccco1. The van der Waals surface area contributed by atoms with E-state index in [0.717, 1.165) is 5.56 Å². The van der Waals surface area contributed by atoms with E-state index in [0.29, 0.717) is 45.0 Å². The van der Waals surface area contributed by atoms with E-state index >= 15 is 0 Å². The molecular weight excluding hydrogens is 515 g/mol. The van der Waals surface area contributed by atoms with Crippen LogP contribution < -0.4 is 16.0 Å². The van der Waals surface area contributed by atoms with Gasteiger partial charge in [-0.2, -0.15) is 0 Å². The molecule has 0 radical (unpaired) electrons. The standard InChI is InChI=1S/C30H27FN4O5/c1-15-24(32-17(3)26(15)35-30(39)27(36)25-5-4-12-40-25)14-22-21-13-19(8-11-23(21)34-29(22)38)28(37)33-16(2)18-6-9-20(31)10-7-18/h4-14,16,27,32,36H,1-3H3,(H,33,37)(H,34,38)(H,35,39)/b22-14-/t16-,27?/m1/s1. The topological polar surface area (TPSA) is 136 Å². The van der Waals surface area contributed by atoms with Gasteiger partial charge in [0.1, 0.15) is 11.6 Å². The second kappa shape index (κ2) is 10.7. The predicted octanol–water partition coefficient (Wildman–Crippen LogP) is 5.02. The number of furan rings is 1. The number of fused-ring (bicyclic) bond motifs is 1. The van der Waals surface area contributed by atoms with Crippen LogP contribution in [-0.2, 0) is 9.59 Å². The molecule has 4 aromatic rings. The fourth-order valence-electron chi connectivity index (χ4n) is 4.61.